The Morgan fingerprint density at radius 2 is 2.07 bits per heavy atom. The van der Waals surface area contributed by atoms with Crippen LogP contribution in [0.1, 0.15) is 5.69 Å². The van der Waals surface area contributed by atoms with Gasteiger partial charge >= 0.3 is 0 Å². The van der Waals surface area contributed by atoms with E-state index in [0.29, 0.717) is 6.54 Å². The van der Waals surface area contributed by atoms with E-state index < -0.39 is 0 Å². The summed E-state index contributed by atoms with van der Waals surface area (Å²) in [7, 11) is 0. The summed E-state index contributed by atoms with van der Waals surface area (Å²) >= 11 is 3.39. The smallest absolute Gasteiger partial charge is 0.220 e. The van der Waals surface area contributed by atoms with E-state index in [0.717, 1.165) is 21.1 Å². The van der Waals surface area contributed by atoms with Crippen LogP contribution in [0.2, 0.25) is 0 Å². The van der Waals surface area contributed by atoms with E-state index in [4.69, 9.17) is 11.5 Å². The first-order chi connectivity index (χ1) is 6.70. The predicted octanol–water partition coefficient (Wildman–Crippen LogP) is 1.43. The normalized spacial score (nSPS) is 10.7. The molecule has 4 N–H and O–H groups in total. The number of nitrogens with two attached hydrogens (primary N) is 2. The van der Waals surface area contributed by atoms with Crippen LogP contribution >= 0.6 is 15.9 Å². The van der Waals surface area contributed by atoms with E-state index in [1.165, 1.54) is 0 Å². The second-order valence-electron chi connectivity index (χ2n) is 2.89. The van der Waals surface area contributed by atoms with Gasteiger partial charge in [-0.3, -0.25) is 0 Å². The Hall–Kier alpha value is -1.20. The number of anilines is 1. The Labute approximate surface area is 89.5 Å². The Morgan fingerprint density at radius 1 is 1.29 bits per heavy atom. The van der Waals surface area contributed by atoms with Crippen molar-refractivity contribution in [2.75, 3.05) is 5.73 Å². The van der Waals surface area contributed by atoms with Gasteiger partial charge in [-0.1, -0.05) is 15.9 Å². The molecule has 1 aromatic carbocycles. The van der Waals surface area contributed by atoms with Crippen LogP contribution in [-0.2, 0) is 6.54 Å². The van der Waals surface area contributed by atoms with E-state index in [-0.39, 0.29) is 5.95 Å². The van der Waals surface area contributed by atoms with Crippen molar-refractivity contribution in [1.82, 2.24) is 9.97 Å². The quantitative estimate of drug-likeness (QED) is 0.805. The van der Waals surface area contributed by atoms with E-state index in [1.807, 2.05) is 18.2 Å². The fourth-order valence-corrected chi connectivity index (χ4v) is 1.70. The van der Waals surface area contributed by atoms with Gasteiger partial charge in [0, 0.05) is 16.4 Å². The largest absolute Gasteiger partial charge is 0.368 e. The van der Waals surface area contributed by atoms with Crippen molar-refractivity contribution in [3.05, 3.63) is 28.4 Å². The van der Waals surface area contributed by atoms with Gasteiger partial charge in [-0.05, 0) is 18.2 Å². The monoisotopic (exact) mass is 252 g/mol. The molecule has 5 heteroatoms. The SMILES string of the molecule is NCc1nc(N)nc2ccc(Br)cc12. The summed E-state index contributed by atoms with van der Waals surface area (Å²) in [6, 6.07) is 5.74. The first-order valence-electron chi connectivity index (χ1n) is 4.12. The fraction of sp³-hybridized carbons (Fsp3) is 0.111. The molecule has 0 bridgehead atoms. The molecular weight excluding hydrogens is 244 g/mol. The van der Waals surface area contributed by atoms with Gasteiger partial charge in [-0.2, -0.15) is 0 Å². The molecule has 0 fully saturated rings. The van der Waals surface area contributed by atoms with Gasteiger partial charge in [0.25, 0.3) is 0 Å². The van der Waals surface area contributed by atoms with Crippen LogP contribution in [0.5, 0.6) is 0 Å². The summed E-state index contributed by atoms with van der Waals surface area (Å²) in [5.41, 5.74) is 12.7. The van der Waals surface area contributed by atoms with Crippen LogP contribution in [-0.4, -0.2) is 9.97 Å². The Balaban J connectivity index is 2.81. The zero-order valence-corrected chi connectivity index (χ0v) is 8.95. The minimum absolute atomic E-state index is 0.264. The number of aromatic nitrogens is 2. The number of rotatable bonds is 1. The highest BCUT2D eigenvalue weighted by molar-refractivity contribution is 9.10. The maximum atomic E-state index is 5.57. The van der Waals surface area contributed by atoms with Gasteiger partial charge < -0.3 is 11.5 Å². The molecule has 0 saturated carbocycles. The molecule has 4 nitrogen and oxygen atoms in total. The molecule has 0 aliphatic rings. The number of hydrogen-bond acceptors (Lipinski definition) is 4. The number of fused-ring (bicyclic) bond motifs is 1. The van der Waals surface area contributed by atoms with E-state index in [1.54, 1.807) is 0 Å². The van der Waals surface area contributed by atoms with Crippen molar-refractivity contribution in [3.63, 3.8) is 0 Å². The Kier molecular flexibility index (Phi) is 2.35. The molecule has 0 unspecified atom stereocenters. The zero-order valence-electron chi connectivity index (χ0n) is 7.37. The maximum Gasteiger partial charge on any atom is 0.220 e. The summed E-state index contributed by atoms with van der Waals surface area (Å²) < 4.78 is 0.980. The summed E-state index contributed by atoms with van der Waals surface area (Å²) in [4.78, 5) is 8.20. The highest BCUT2D eigenvalue weighted by Crippen LogP contribution is 2.21. The molecule has 2 rings (SSSR count). The van der Waals surface area contributed by atoms with Crippen molar-refractivity contribution in [2.45, 2.75) is 6.54 Å². The molecule has 0 aliphatic carbocycles. The summed E-state index contributed by atoms with van der Waals surface area (Å²) in [6.07, 6.45) is 0. The topological polar surface area (TPSA) is 77.8 Å². The van der Waals surface area contributed by atoms with Crippen LogP contribution in [0.25, 0.3) is 10.9 Å². The van der Waals surface area contributed by atoms with E-state index >= 15 is 0 Å². The number of nitrogen functional groups attached to an aromatic ring is 1. The van der Waals surface area contributed by atoms with Gasteiger partial charge in [-0.25, -0.2) is 9.97 Å². The number of hydrogen-bond donors (Lipinski definition) is 2. The average molecular weight is 253 g/mol. The molecule has 2 aromatic rings. The van der Waals surface area contributed by atoms with Crippen LogP contribution in [0.15, 0.2) is 22.7 Å². The lowest BCUT2D eigenvalue weighted by molar-refractivity contribution is 0.997. The summed E-state index contributed by atoms with van der Waals surface area (Å²) in [5, 5.41) is 0.941. The van der Waals surface area contributed by atoms with Gasteiger partial charge in [0.2, 0.25) is 5.95 Å². The van der Waals surface area contributed by atoms with Gasteiger partial charge in [0.15, 0.2) is 0 Å². The molecule has 1 aromatic heterocycles. The van der Waals surface area contributed by atoms with E-state index in [2.05, 4.69) is 25.9 Å². The van der Waals surface area contributed by atoms with Crippen LogP contribution < -0.4 is 11.5 Å². The van der Waals surface area contributed by atoms with Crippen molar-refractivity contribution in [2.24, 2.45) is 5.73 Å². The van der Waals surface area contributed by atoms with Crippen molar-refractivity contribution >= 4 is 32.8 Å². The molecule has 0 amide bonds. The molecule has 0 saturated heterocycles. The van der Waals surface area contributed by atoms with Crippen LogP contribution in [0, 0.1) is 0 Å². The lowest BCUT2D eigenvalue weighted by Crippen LogP contribution is -2.05. The molecule has 72 valence electrons. The highest BCUT2D eigenvalue weighted by Gasteiger charge is 2.04. The third-order valence-electron chi connectivity index (χ3n) is 1.95. The third kappa shape index (κ3) is 1.56. The predicted molar refractivity (Wildman–Crippen MR) is 59.5 cm³/mol. The van der Waals surface area contributed by atoms with Crippen molar-refractivity contribution in [1.29, 1.82) is 0 Å². The minimum Gasteiger partial charge on any atom is -0.368 e. The second-order valence-corrected chi connectivity index (χ2v) is 3.81. The number of halogens is 1. The van der Waals surface area contributed by atoms with Gasteiger partial charge in [-0.15, -0.1) is 0 Å². The fourth-order valence-electron chi connectivity index (χ4n) is 1.34. The second kappa shape index (κ2) is 3.51. The molecule has 0 spiro atoms. The van der Waals surface area contributed by atoms with Crippen LogP contribution in [0.3, 0.4) is 0 Å². The maximum absolute atomic E-state index is 5.57. The van der Waals surface area contributed by atoms with Crippen molar-refractivity contribution in [3.8, 4) is 0 Å². The van der Waals surface area contributed by atoms with Gasteiger partial charge in [0.05, 0.1) is 11.2 Å². The molecule has 1 heterocycles. The van der Waals surface area contributed by atoms with Crippen molar-refractivity contribution < 1.29 is 0 Å². The lowest BCUT2D eigenvalue weighted by atomic mass is 10.2. The summed E-state index contributed by atoms with van der Waals surface area (Å²) in [6.45, 7) is 0.361. The summed E-state index contributed by atoms with van der Waals surface area (Å²) in [5.74, 6) is 0.264. The zero-order chi connectivity index (χ0) is 10.1. The molecular formula is C9H9BrN4. The highest BCUT2D eigenvalue weighted by atomic mass is 79.9. The van der Waals surface area contributed by atoms with Crippen LogP contribution in [0.4, 0.5) is 5.95 Å². The average Bonchev–Trinajstić information content (AvgIpc) is 2.17. The first kappa shape index (κ1) is 9.36. The molecule has 0 radical (unpaired) electrons. The minimum atomic E-state index is 0.264. The first-order valence-corrected chi connectivity index (χ1v) is 4.91. The Morgan fingerprint density at radius 3 is 2.79 bits per heavy atom. The molecule has 0 atom stereocenters. The molecule has 14 heavy (non-hydrogen) atoms. The Bertz CT molecular complexity index is 483. The third-order valence-corrected chi connectivity index (χ3v) is 2.44. The standard InChI is InChI=1S/C9H9BrN4/c10-5-1-2-7-6(3-5)8(4-11)14-9(12)13-7/h1-3H,4,11H2,(H2,12,13,14). The lowest BCUT2D eigenvalue weighted by Gasteiger charge is -2.04. The molecule has 0 aliphatic heterocycles. The number of nitrogens with zero attached hydrogens (tertiary/aromatic N) is 2. The van der Waals surface area contributed by atoms with Gasteiger partial charge in [0.1, 0.15) is 0 Å². The number of benzene rings is 1. The van der Waals surface area contributed by atoms with E-state index in [9.17, 15) is 0 Å².